The van der Waals surface area contributed by atoms with E-state index in [1.807, 2.05) is 0 Å². The van der Waals surface area contributed by atoms with E-state index >= 15 is 0 Å². The Hall–Kier alpha value is -0.530. The number of hydrogen-bond acceptors (Lipinski definition) is 2. The molecule has 2 nitrogen and oxygen atoms in total. The van der Waals surface area contributed by atoms with Gasteiger partial charge in [-0.3, -0.25) is 4.79 Å². The van der Waals surface area contributed by atoms with Crippen LogP contribution in [0.5, 0.6) is 0 Å². The van der Waals surface area contributed by atoms with Gasteiger partial charge in [-0.05, 0) is 55.8 Å². The molecule has 2 saturated carbocycles. The predicted molar refractivity (Wildman–Crippen MR) is 87.1 cm³/mol. The van der Waals surface area contributed by atoms with Crippen molar-refractivity contribution in [1.82, 2.24) is 0 Å². The Bertz CT molecular complexity index is 297. The van der Waals surface area contributed by atoms with Gasteiger partial charge in [-0.15, -0.1) is 0 Å². The fraction of sp³-hybridized carbons (Fsp3) is 0.947. The van der Waals surface area contributed by atoms with Gasteiger partial charge in [0.15, 0.2) is 0 Å². The third-order valence-electron chi connectivity index (χ3n) is 5.98. The Morgan fingerprint density at radius 3 is 1.76 bits per heavy atom. The third-order valence-corrected chi connectivity index (χ3v) is 5.98. The lowest BCUT2D eigenvalue weighted by molar-refractivity contribution is -0.141. The number of rotatable bonds is 6. The maximum atomic E-state index is 10.8. The van der Waals surface area contributed by atoms with E-state index < -0.39 is 0 Å². The van der Waals surface area contributed by atoms with E-state index in [4.69, 9.17) is 4.74 Å². The van der Waals surface area contributed by atoms with Gasteiger partial charge < -0.3 is 4.74 Å². The summed E-state index contributed by atoms with van der Waals surface area (Å²) in [5, 5.41) is 0. The van der Waals surface area contributed by atoms with Gasteiger partial charge in [-0.2, -0.15) is 0 Å². The summed E-state index contributed by atoms with van der Waals surface area (Å²) in [4.78, 5) is 10.8. The van der Waals surface area contributed by atoms with Crippen molar-refractivity contribution in [3.63, 3.8) is 0 Å². The van der Waals surface area contributed by atoms with Crippen molar-refractivity contribution in [2.75, 3.05) is 6.61 Å². The molecule has 0 heterocycles. The maximum absolute atomic E-state index is 10.8. The highest BCUT2D eigenvalue weighted by Crippen LogP contribution is 2.42. The predicted octanol–water partition coefficient (Wildman–Crippen LogP) is 5.35. The summed E-state index contributed by atoms with van der Waals surface area (Å²) < 4.78 is 5.08. The van der Waals surface area contributed by atoms with E-state index in [0.717, 1.165) is 30.1 Å². The third kappa shape index (κ3) is 5.64. The van der Waals surface area contributed by atoms with Crippen LogP contribution < -0.4 is 0 Å². The van der Waals surface area contributed by atoms with Crippen LogP contribution >= 0.6 is 0 Å². The average molecular weight is 294 g/mol. The lowest BCUT2D eigenvalue weighted by atomic mass is 9.68. The molecule has 21 heavy (non-hydrogen) atoms. The van der Waals surface area contributed by atoms with Gasteiger partial charge >= 0.3 is 5.97 Å². The van der Waals surface area contributed by atoms with Gasteiger partial charge in [-0.1, -0.05) is 45.4 Å². The maximum Gasteiger partial charge on any atom is 0.302 e. The highest BCUT2D eigenvalue weighted by Gasteiger charge is 2.30. The van der Waals surface area contributed by atoms with Crippen molar-refractivity contribution in [3.8, 4) is 0 Å². The van der Waals surface area contributed by atoms with Crippen LogP contribution in [0.25, 0.3) is 0 Å². The van der Waals surface area contributed by atoms with Crippen LogP contribution in [0.2, 0.25) is 0 Å². The minimum absolute atomic E-state index is 0.132. The minimum Gasteiger partial charge on any atom is -0.466 e. The van der Waals surface area contributed by atoms with Crippen LogP contribution in [-0.4, -0.2) is 12.6 Å². The van der Waals surface area contributed by atoms with Crippen molar-refractivity contribution in [3.05, 3.63) is 0 Å². The highest BCUT2D eigenvalue weighted by molar-refractivity contribution is 5.65. The van der Waals surface area contributed by atoms with E-state index in [1.165, 1.54) is 71.1 Å². The first-order valence-corrected chi connectivity index (χ1v) is 9.32. The summed E-state index contributed by atoms with van der Waals surface area (Å²) in [6.07, 6.45) is 15.4. The number of carbonyl (C=O) groups is 1. The molecular weight excluding hydrogens is 260 g/mol. The van der Waals surface area contributed by atoms with Gasteiger partial charge in [0.05, 0.1) is 6.61 Å². The molecule has 0 amide bonds. The Morgan fingerprint density at radius 2 is 1.33 bits per heavy atom. The van der Waals surface area contributed by atoms with Crippen molar-refractivity contribution < 1.29 is 9.53 Å². The number of esters is 1. The van der Waals surface area contributed by atoms with Gasteiger partial charge in [0.2, 0.25) is 0 Å². The topological polar surface area (TPSA) is 26.3 Å². The van der Waals surface area contributed by atoms with E-state index in [2.05, 4.69) is 6.92 Å². The summed E-state index contributed by atoms with van der Waals surface area (Å²) in [6.45, 7) is 4.46. The van der Waals surface area contributed by atoms with Crippen molar-refractivity contribution in [2.45, 2.75) is 84.5 Å². The summed E-state index contributed by atoms with van der Waals surface area (Å²) in [6, 6.07) is 0. The summed E-state index contributed by atoms with van der Waals surface area (Å²) in [5.74, 6) is 3.72. The highest BCUT2D eigenvalue weighted by atomic mass is 16.5. The standard InChI is InChI=1S/C19H34O2/c1-3-4-16-5-9-18(10-6-16)19-11-7-17(8-12-19)13-14-21-15(2)20/h16-19H,3-14H2,1-2H3/t16-,17?,18-,19?. The van der Waals surface area contributed by atoms with Crippen LogP contribution in [0, 0.1) is 23.7 Å². The van der Waals surface area contributed by atoms with Gasteiger partial charge in [-0.25, -0.2) is 0 Å². The normalized spacial score (nSPS) is 33.6. The molecule has 2 fully saturated rings. The zero-order chi connectivity index (χ0) is 15.1. The molecule has 2 rings (SSSR count). The quantitative estimate of drug-likeness (QED) is 0.617. The Kier molecular flexibility index (Phi) is 7.06. The molecule has 0 unspecified atom stereocenters. The summed E-state index contributed by atoms with van der Waals surface area (Å²) in [5.41, 5.74) is 0. The van der Waals surface area contributed by atoms with Gasteiger partial charge in [0, 0.05) is 6.92 Å². The average Bonchev–Trinajstić information content (AvgIpc) is 2.49. The monoisotopic (exact) mass is 294 g/mol. The second kappa shape index (κ2) is 8.80. The molecule has 0 aliphatic heterocycles. The first kappa shape index (κ1) is 16.8. The molecule has 0 bridgehead atoms. The van der Waals surface area contributed by atoms with E-state index in [0.29, 0.717) is 6.61 Å². The number of carbonyl (C=O) groups excluding carboxylic acids is 1. The molecule has 0 N–H and O–H groups in total. The fourth-order valence-corrected chi connectivity index (χ4v) is 4.67. The van der Waals surface area contributed by atoms with Crippen molar-refractivity contribution >= 4 is 5.97 Å². The molecule has 122 valence electrons. The molecule has 2 aliphatic rings. The summed E-state index contributed by atoms with van der Waals surface area (Å²) in [7, 11) is 0. The molecule has 2 heteroatoms. The largest absolute Gasteiger partial charge is 0.466 e. The Labute approximate surface area is 131 Å². The molecule has 0 aromatic rings. The Morgan fingerprint density at radius 1 is 0.857 bits per heavy atom. The van der Waals surface area contributed by atoms with E-state index in [-0.39, 0.29) is 5.97 Å². The SMILES string of the molecule is CCC[C@H]1CC[C@H](C2CCC(CCOC(C)=O)CC2)CC1. The molecule has 0 aromatic heterocycles. The van der Waals surface area contributed by atoms with Crippen molar-refractivity contribution in [2.24, 2.45) is 23.7 Å². The molecular formula is C19H34O2. The van der Waals surface area contributed by atoms with Gasteiger partial charge in [0.1, 0.15) is 0 Å². The number of hydrogen-bond donors (Lipinski definition) is 0. The van der Waals surface area contributed by atoms with Crippen LogP contribution in [0.1, 0.15) is 84.5 Å². The van der Waals surface area contributed by atoms with Crippen LogP contribution in [-0.2, 0) is 9.53 Å². The van der Waals surface area contributed by atoms with Crippen molar-refractivity contribution in [1.29, 1.82) is 0 Å². The molecule has 0 radical (unpaired) electrons. The zero-order valence-electron chi connectivity index (χ0n) is 14.1. The fourth-order valence-electron chi connectivity index (χ4n) is 4.67. The smallest absolute Gasteiger partial charge is 0.302 e. The molecule has 0 saturated heterocycles. The van der Waals surface area contributed by atoms with E-state index in [9.17, 15) is 4.79 Å². The second-order valence-electron chi connectivity index (χ2n) is 7.48. The molecule has 0 spiro atoms. The lowest BCUT2D eigenvalue weighted by Crippen LogP contribution is -2.26. The van der Waals surface area contributed by atoms with Gasteiger partial charge in [0.25, 0.3) is 0 Å². The second-order valence-corrected chi connectivity index (χ2v) is 7.48. The molecule has 0 atom stereocenters. The first-order chi connectivity index (χ1) is 10.2. The summed E-state index contributed by atoms with van der Waals surface area (Å²) >= 11 is 0. The minimum atomic E-state index is -0.132. The van der Waals surface area contributed by atoms with Crippen LogP contribution in [0.4, 0.5) is 0 Å². The molecule has 0 aromatic carbocycles. The van der Waals surface area contributed by atoms with E-state index in [1.54, 1.807) is 0 Å². The first-order valence-electron chi connectivity index (χ1n) is 9.32. The zero-order valence-corrected chi connectivity index (χ0v) is 14.1. The lowest BCUT2D eigenvalue weighted by Gasteiger charge is -2.38. The van der Waals surface area contributed by atoms with Crippen LogP contribution in [0.3, 0.4) is 0 Å². The Balaban J connectivity index is 1.62. The number of ether oxygens (including phenoxy) is 1. The molecule has 2 aliphatic carbocycles. The van der Waals surface area contributed by atoms with Crippen LogP contribution in [0.15, 0.2) is 0 Å².